The molecule has 0 spiro atoms. The molecule has 2 saturated heterocycles. The van der Waals surface area contributed by atoms with E-state index in [2.05, 4.69) is 10.2 Å². The Balaban J connectivity index is 1.53. The first-order valence-electron chi connectivity index (χ1n) is 8.40. The highest BCUT2D eigenvalue weighted by Gasteiger charge is 2.28. The summed E-state index contributed by atoms with van der Waals surface area (Å²) >= 11 is 0. The molecule has 1 atom stereocenters. The fourth-order valence-electron chi connectivity index (χ4n) is 3.49. The molecular weight excluding hydrogens is 311 g/mol. The highest BCUT2D eigenvalue weighted by atomic mass is 19.1. The van der Waals surface area contributed by atoms with E-state index in [1.165, 1.54) is 25.0 Å². The van der Waals surface area contributed by atoms with Crippen LogP contribution in [0, 0.1) is 11.7 Å². The number of rotatable bonds is 4. The van der Waals surface area contributed by atoms with Crippen LogP contribution in [0.3, 0.4) is 0 Å². The van der Waals surface area contributed by atoms with Crippen LogP contribution in [-0.2, 0) is 0 Å². The second kappa shape index (κ2) is 7.17. The molecule has 0 aromatic heterocycles. The summed E-state index contributed by atoms with van der Waals surface area (Å²) in [5.41, 5.74) is 5.21. The maximum Gasteiger partial charge on any atom is 0.321 e. The van der Waals surface area contributed by atoms with Crippen molar-refractivity contribution in [1.82, 2.24) is 9.80 Å². The second-order valence-corrected chi connectivity index (χ2v) is 6.60. The van der Waals surface area contributed by atoms with E-state index in [9.17, 15) is 14.0 Å². The van der Waals surface area contributed by atoms with E-state index in [1.54, 1.807) is 4.90 Å². The molecule has 0 unspecified atom stereocenters. The quantitative estimate of drug-likeness (QED) is 0.882. The molecule has 3 rings (SSSR count). The summed E-state index contributed by atoms with van der Waals surface area (Å²) in [6.45, 7) is 4.81. The summed E-state index contributed by atoms with van der Waals surface area (Å²) in [4.78, 5) is 27.6. The minimum atomic E-state index is -0.824. The summed E-state index contributed by atoms with van der Waals surface area (Å²) in [7, 11) is 0. The zero-order valence-electron chi connectivity index (χ0n) is 13.6. The zero-order valence-corrected chi connectivity index (χ0v) is 13.6. The Kier molecular flexibility index (Phi) is 4.99. The molecule has 1 aromatic carbocycles. The lowest BCUT2D eigenvalue weighted by Crippen LogP contribution is -2.34. The molecule has 7 heteroatoms. The average Bonchev–Trinajstić information content (AvgIpc) is 3.19. The topological polar surface area (TPSA) is 78.7 Å². The van der Waals surface area contributed by atoms with Crippen LogP contribution < -0.4 is 11.1 Å². The fraction of sp³-hybridized carbons (Fsp3) is 0.529. The lowest BCUT2D eigenvalue weighted by molar-refractivity contribution is 0.0996. The molecule has 0 bridgehead atoms. The van der Waals surface area contributed by atoms with Gasteiger partial charge in [-0.3, -0.25) is 4.79 Å². The van der Waals surface area contributed by atoms with Crippen LogP contribution in [0.15, 0.2) is 18.2 Å². The molecule has 6 nitrogen and oxygen atoms in total. The third-order valence-electron chi connectivity index (χ3n) is 4.77. The lowest BCUT2D eigenvalue weighted by atomic mass is 10.1. The number of nitrogens with two attached hydrogens (primary N) is 1. The number of likely N-dealkylation sites (tertiary alicyclic amines) is 2. The highest BCUT2D eigenvalue weighted by Crippen LogP contribution is 2.21. The number of carbonyl (C=O) groups excluding carboxylic acids is 2. The molecule has 24 heavy (non-hydrogen) atoms. The molecule has 130 valence electrons. The molecule has 3 amide bonds. The van der Waals surface area contributed by atoms with Gasteiger partial charge < -0.3 is 20.9 Å². The largest absolute Gasteiger partial charge is 0.366 e. The Morgan fingerprint density at radius 1 is 1.25 bits per heavy atom. The lowest BCUT2D eigenvalue weighted by Gasteiger charge is -2.21. The van der Waals surface area contributed by atoms with Gasteiger partial charge in [-0.15, -0.1) is 0 Å². The standard InChI is InChI=1S/C17H23FN4O2/c18-15-9-13(3-4-14(15)16(19)23)20-17(24)22-8-5-12(11-22)10-21-6-1-2-7-21/h3-4,9,12H,1-2,5-8,10-11H2,(H2,19,23)(H,20,24)/t12-/m0/s1. The van der Waals surface area contributed by atoms with Gasteiger partial charge in [-0.25, -0.2) is 9.18 Å². The van der Waals surface area contributed by atoms with E-state index in [0.29, 0.717) is 18.2 Å². The minimum Gasteiger partial charge on any atom is -0.366 e. The number of hydrogen-bond acceptors (Lipinski definition) is 3. The summed E-state index contributed by atoms with van der Waals surface area (Å²) in [6, 6.07) is 3.66. The van der Waals surface area contributed by atoms with Gasteiger partial charge in [-0.2, -0.15) is 0 Å². The molecule has 0 aliphatic carbocycles. The molecule has 2 aliphatic heterocycles. The van der Waals surface area contributed by atoms with Crippen LogP contribution in [0.2, 0.25) is 0 Å². The van der Waals surface area contributed by atoms with Crippen molar-refractivity contribution in [3.8, 4) is 0 Å². The molecule has 2 aliphatic rings. The number of benzene rings is 1. The van der Waals surface area contributed by atoms with Crippen LogP contribution in [0.1, 0.15) is 29.6 Å². The first kappa shape index (κ1) is 16.7. The number of urea groups is 1. The van der Waals surface area contributed by atoms with E-state index < -0.39 is 11.7 Å². The Morgan fingerprint density at radius 3 is 2.67 bits per heavy atom. The van der Waals surface area contributed by atoms with Crippen molar-refractivity contribution in [2.45, 2.75) is 19.3 Å². The highest BCUT2D eigenvalue weighted by molar-refractivity contribution is 5.94. The molecule has 2 fully saturated rings. The van der Waals surface area contributed by atoms with E-state index >= 15 is 0 Å². The number of amides is 3. The van der Waals surface area contributed by atoms with Crippen molar-refractivity contribution in [3.05, 3.63) is 29.6 Å². The van der Waals surface area contributed by atoms with Gasteiger partial charge in [0.2, 0.25) is 0 Å². The van der Waals surface area contributed by atoms with Crippen molar-refractivity contribution >= 4 is 17.6 Å². The minimum absolute atomic E-state index is 0.181. The van der Waals surface area contributed by atoms with Crippen molar-refractivity contribution in [2.75, 3.05) is 38.0 Å². The summed E-state index contributed by atoms with van der Waals surface area (Å²) in [5.74, 6) is -1.05. The molecule has 2 heterocycles. The number of hydrogen-bond donors (Lipinski definition) is 2. The van der Waals surface area contributed by atoms with Crippen molar-refractivity contribution in [2.24, 2.45) is 11.7 Å². The monoisotopic (exact) mass is 334 g/mol. The maximum atomic E-state index is 13.7. The first-order chi connectivity index (χ1) is 11.5. The second-order valence-electron chi connectivity index (χ2n) is 6.60. The fourth-order valence-corrected chi connectivity index (χ4v) is 3.49. The maximum absolute atomic E-state index is 13.7. The van der Waals surface area contributed by atoms with E-state index in [-0.39, 0.29) is 11.6 Å². The van der Waals surface area contributed by atoms with Gasteiger partial charge in [-0.1, -0.05) is 0 Å². The normalized spacial score (nSPS) is 21.2. The van der Waals surface area contributed by atoms with Crippen LogP contribution >= 0.6 is 0 Å². The third kappa shape index (κ3) is 3.84. The van der Waals surface area contributed by atoms with Crippen molar-refractivity contribution in [1.29, 1.82) is 0 Å². The predicted octanol–water partition coefficient (Wildman–Crippen LogP) is 1.87. The van der Waals surface area contributed by atoms with Crippen LogP contribution in [0.25, 0.3) is 0 Å². The van der Waals surface area contributed by atoms with E-state index in [1.807, 2.05) is 0 Å². The predicted molar refractivity (Wildman–Crippen MR) is 89.3 cm³/mol. The number of carbonyl (C=O) groups is 2. The summed E-state index contributed by atoms with van der Waals surface area (Å²) in [5, 5.41) is 2.69. The molecular formula is C17H23FN4O2. The summed E-state index contributed by atoms with van der Waals surface area (Å²) in [6.07, 6.45) is 3.53. The molecule has 3 N–H and O–H groups in total. The van der Waals surface area contributed by atoms with Crippen LogP contribution in [-0.4, -0.2) is 54.5 Å². The van der Waals surface area contributed by atoms with Gasteiger partial charge in [-0.05, 0) is 56.5 Å². The van der Waals surface area contributed by atoms with Gasteiger partial charge >= 0.3 is 6.03 Å². The molecule has 0 saturated carbocycles. The Labute approximate surface area is 140 Å². The zero-order chi connectivity index (χ0) is 17.1. The van der Waals surface area contributed by atoms with Gasteiger partial charge in [0.25, 0.3) is 5.91 Å². The van der Waals surface area contributed by atoms with Gasteiger partial charge in [0.05, 0.1) is 5.56 Å². The first-order valence-corrected chi connectivity index (χ1v) is 8.40. The Hall–Kier alpha value is -2.15. The number of primary amides is 1. The number of anilines is 1. The molecule has 0 radical (unpaired) electrons. The van der Waals surface area contributed by atoms with Gasteiger partial charge in [0.1, 0.15) is 5.82 Å². The van der Waals surface area contributed by atoms with Crippen LogP contribution in [0.4, 0.5) is 14.9 Å². The number of nitrogens with zero attached hydrogens (tertiary/aromatic N) is 2. The van der Waals surface area contributed by atoms with E-state index in [0.717, 1.165) is 38.7 Å². The van der Waals surface area contributed by atoms with Crippen molar-refractivity contribution < 1.29 is 14.0 Å². The third-order valence-corrected chi connectivity index (χ3v) is 4.77. The van der Waals surface area contributed by atoms with Crippen LogP contribution in [0.5, 0.6) is 0 Å². The SMILES string of the molecule is NC(=O)c1ccc(NC(=O)N2CC[C@@H](CN3CCCC3)C2)cc1F. The van der Waals surface area contributed by atoms with E-state index in [4.69, 9.17) is 5.73 Å². The molecule has 1 aromatic rings. The summed E-state index contributed by atoms with van der Waals surface area (Å²) < 4.78 is 13.7. The van der Waals surface area contributed by atoms with Gasteiger partial charge in [0, 0.05) is 25.3 Å². The smallest absolute Gasteiger partial charge is 0.321 e. The number of halogens is 1. The Bertz CT molecular complexity index is 631. The number of nitrogens with one attached hydrogen (secondary N) is 1. The van der Waals surface area contributed by atoms with Crippen molar-refractivity contribution in [3.63, 3.8) is 0 Å². The average molecular weight is 334 g/mol. The van der Waals surface area contributed by atoms with Gasteiger partial charge in [0.15, 0.2) is 0 Å². The Morgan fingerprint density at radius 2 is 2.00 bits per heavy atom.